The SMILES string of the molecule is O=C(NC12CC(C1)C2)c1c(O)c2cc(C(F)(F)F)cnc2n(CCN2CC3(COC3)C2)c1=O. The summed E-state index contributed by atoms with van der Waals surface area (Å²) in [5.74, 6) is -0.937. The number of pyridine rings is 2. The number of hydrogen-bond donors (Lipinski definition) is 2. The molecule has 176 valence electrons. The first-order valence-corrected chi connectivity index (χ1v) is 11.0. The Kier molecular flexibility index (Phi) is 4.24. The zero-order chi connectivity index (χ0) is 23.2. The minimum absolute atomic E-state index is 0.0743. The molecule has 4 heterocycles. The smallest absolute Gasteiger partial charge is 0.417 e. The zero-order valence-electron chi connectivity index (χ0n) is 17.7. The lowest BCUT2D eigenvalue weighted by molar-refractivity contribution is -0.189. The van der Waals surface area contributed by atoms with Crippen molar-refractivity contribution in [1.82, 2.24) is 19.8 Å². The van der Waals surface area contributed by atoms with E-state index in [1.807, 2.05) is 0 Å². The number of nitrogens with one attached hydrogen (secondary N) is 1. The number of amides is 1. The predicted molar refractivity (Wildman–Crippen MR) is 110 cm³/mol. The molecular weight excluding hydrogens is 441 g/mol. The minimum Gasteiger partial charge on any atom is -0.506 e. The van der Waals surface area contributed by atoms with Crippen molar-refractivity contribution >= 4 is 16.9 Å². The normalized spacial score (nSPS) is 27.4. The predicted octanol–water partition coefficient (Wildman–Crippen LogP) is 1.74. The van der Waals surface area contributed by atoms with Crippen LogP contribution in [-0.4, -0.2) is 63.9 Å². The lowest BCUT2D eigenvalue weighted by atomic mass is 9.50. The molecule has 33 heavy (non-hydrogen) atoms. The van der Waals surface area contributed by atoms with E-state index in [-0.39, 0.29) is 28.5 Å². The number of carbonyl (C=O) groups excluding carboxylic acids is 1. The highest BCUT2D eigenvalue weighted by Crippen LogP contribution is 2.57. The average Bonchev–Trinajstić information content (AvgIpc) is 2.62. The molecule has 7 rings (SSSR count). The second-order valence-corrected chi connectivity index (χ2v) is 10.2. The molecule has 1 spiro atoms. The highest BCUT2D eigenvalue weighted by molar-refractivity contribution is 6.02. The first-order chi connectivity index (χ1) is 15.6. The van der Waals surface area contributed by atoms with Crippen molar-refractivity contribution in [3.8, 4) is 5.75 Å². The van der Waals surface area contributed by atoms with Crippen molar-refractivity contribution < 1.29 is 27.8 Å². The Morgan fingerprint density at radius 2 is 1.94 bits per heavy atom. The molecule has 0 unspecified atom stereocenters. The first kappa shape index (κ1) is 20.9. The second kappa shape index (κ2) is 6.69. The first-order valence-electron chi connectivity index (χ1n) is 11.0. The third kappa shape index (κ3) is 3.16. The topological polar surface area (TPSA) is 96.7 Å². The van der Waals surface area contributed by atoms with Crippen LogP contribution in [0, 0.1) is 11.3 Å². The van der Waals surface area contributed by atoms with E-state index in [9.17, 15) is 27.9 Å². The van der Waals surface area contributed by atoms with Gasteiger partial charge in [-0.2, -0.15) is 13.2 Å². The van der Waals surface area contributed by atoms with Gasteiger partial charge in [0.15, 0.2) is 0 Å². The molecule has 0 aromatic carbocycles. The van der Waals surface area contributed by atoms with E-state index in [0.29, 0.717) is 31.9 Å². The summed E-state index contributed by atoms with van der Waals surface area (Å²) in [6.45, 7) is 3.66. The van der Waals surface area contributed by atoms with Gasteiger partial charge < -0.3 is 20.1 Å². The number of aromatic hydroxyl groups is 1. The van der Waals surface area contributed by atoms with Crippen molar-refractivity contribution in [2.24, 2.45) is 11.3 Å². The van der Waals surface area contributed by atoms with Gasteiger partial charge in [0.05, 0.1) is 24.2 Å². The van der Waals surface area contributed by atoms with E-state index >= 15 is 0 Å². The summed E-state index contributed by atoms with van der Waals surface area (Å²) in [5, 5.41) is 13.3. The van der Waals surface area contributed by atoms with Gasteiger partial charge in [0.2, 0.25) is 0 Å². The van der Waals surface area contributed by atoms with Crippen LogP contribution < -0.4 is 10.9 Å². The Morgan fingerprint density at radius 1 is 1.24 bits per heavy atom. The fourth-order valence-corrected chi connectivity index (χ4v) is 5.69. The molecule has 2 aromatic heterocycles. The number of halogens is 3. The van der Waals surface area contributed by atoms with Gasteiger partial charge in [0.25, 0.3) is 11.5 Å². The van der Waals surface area contributed by atoms with Crippen molar-refractivity contribution in [2.75, 3.05) is 32.8 Å². The molecule has 0 atom stereocenters. The summed E-state index contributed by atoms with van der Waals surface area (Å²) in [5.41, 5.74) is -2.59. The van der Waals surface area contributed by atoms with Gasteiger partial charge in [-0.3, -0.25) is 14.2 Å². The van der Waals surface area contributed by atoms with Crippen molar-refractivity contribution in [2.45, 2.75) is 37.5 Å². The van der Waals surface area contributed by atoms with Crippen LogP contribution in [0.1, 0.15) is 35.2 Å². The number of alkyl halides is 3. The Hall–Kier alpha value is -2.66. The molecule has 5 fully saturated rings. The standard InChI is InChI=1S/C22H23F3N4O4/c23-22(24,25)13-3-14-16(30)15(18(31)27-21-4-12(5-21)6-21)19(32)29(17(14)26-7-13)2-1-28-8-20(9-28)10-33-11-20/h3,7,12,30H,1-2,4-6,8-11H2,(H,27,31). The molecule has 11 heteroatoms. The maximum absolute atomic E-state index is 13.3. The zero-order valence-corrected chi connectivity index (χ0v) is 17.7. The summed E-state index contributed by atoms with van der Waals surface area (Å²) in [7, 11) is 0. The summed E-state index contributed by atoms with van der Waals surface area (Å²) in [6, 6.07) is 0.746. The summed E-state index contributed by atoms with van der Waals surface area (Å²) < 4.78 is 46.4. The molecule has 5 aliphatic rings. The third-order valence-electron chi connectivity index (χ3n) is 7.62. The van der Waals surface area contributed by atoms with Gasteiger partial charge >= 0.3 is 6.18 Å². The number of nitrogens with zero attached hydrogens (tertiary/aromatic N) is 3. The van der Waals surface area contributed by atoms with Crippen LogP contribution in [0.25, 0.3) is 11.0 Å². The monoisotopic (exact) mass is 464 g/mol. The Balaban J connectivity index is 1.37. The van der Waals surface area contributed by atoms with Gasteiger partial charge in [0.1, 0.15) is 17.0 Å². The largest absolute Gasteiger partial charge is 0.506 e. The van der Waals surface area contributed by atoms with Crippen molar-refractivity contribution in [1.29, 1.82) is 0 Å². The number of hydrogen-bond acceptors (Lipinski definition) is 6. The number of fused-ring (bicyclic) bond motifs is 1. The molecule has 2 bridgehead atoms. The number of aromatic nitrogens is 2. The number of ether oxygens (including phenoxy) is 1. The fraction of sp³-hybridized carbons (Fsp3) is 0.591. The van der Waals surface area contributed by atoms with E-state index < -0.39 is 34.5 Å². The third-order valence-corrected chi connectivity index (χ3v) is 7.62. The molecule has 2 aliphatic heterocycles. The average molecular weight is 464 g/mol. The van der Waals surface area contributed by atoms with Crippen LogP contribution in [0.15, 0.2) is 17.1 Å². The van der Waals surface area contributed by atoms with Crippen LogP contribution in [0.4, 0.5) is 13.2 Å². The molecule has 3 saturated carbocycles. The summed E-state index contributed by atoms with van der Waals surface area (Å²) in [6.07, 6.45) is -1.58. The summed E-state index contributed by atoms with van der Waals surface area (Å²) >= 11 is 0. The molecule has 2 aromatic rings. The Labute approximate surface area is 186 Å². The second-order valence-electron chi connectivity index (χ2n) is 10.2. The fourth-order valence-electron chi connectivity index (χ4n) is 5.69. The van der Waals surface area contributed by atoms with Gasteiger partial charge in [-0.1, -0.05) is 0 Å². The molecule has 8 nitrogen and oxygen atoms in total. The van der Waals surface area contributed by atoms with E-state index in [0.717, 1.165) is 38.4 Å². The number of likely N-dealkylation sites (tertiary alicyclic amines) is 1. The highest BCUT2D eigenvalue weighted by Gasteiger charge is 2.57. The van der Waals surface area contributed by atoms with E-state index in [4.69, 9.17) is 4.74 Å². The molecule has 1 amide bonds. The van der Waals surface area contributed by atoms with Crippen LogP contribution in [0.2, 0.25) is 0 Å². The lowest BCUT2D eigenvalue weighted by Gasteiger charge is -2.61. The quantitative estimate of drug-likeness (QED) is 0.700. The van der Waals surface area contributed by atoms with E-state index in [1.165, 1.54) is 4.57 Å². The van der Waals surface area contributed by atoms with E-state index in [1.54, 1.807) is 0 Å². The lowest BCUT2D eigenvalue weighted by Crippen LogP contribution is -2.68. The highest BCUT2D eigenvalue weighted by atomic mass is 19.4. The van der Waals surface area contributed by atoms with Crippen LogP contribution in [0.3, 0.4) is 0 Å². The minimum atomic E-state index is -4.68. The molecule has 2 saturated heterocycles. The molecule has 3 aliphatic carbocycles. The Bertz CT molecular complexity index is 1210. The van der Waals surface area contributed by atoms with Crippen molar-refractivity contribution in [3.05, 3.63) is 33.7 Å². The number of carbonyl (C=O) groups is 1. The summed E-state index contributed by atoms with van der Waals surface area (Å²) in [4.78, 5) is 32.3. The Morgan fingerprint density at radius 3 is 2.48 bits per heavy atom. The van der Waals surface area contributed by atoms with Crippen LogP contribution in [0.5, 0.6) is 5.75 Å². The van der Waals surface area contributed by atoms with Gasteiger partial charge in [-0.05, 0) is 31.2 Å². The van der Waals surface area contributed by atoms with Crippen LogP contribution in [-0.2, 0) is 17.5 Å². The molecular formula is C22H23F3N4O4. The van der Waals surface area contributed by atoms with Gasteiger partial charge in [-0.15, -0.1) is 0 Å². The van der Waals surface area contributed by atoms with Gasteiger partial charge in [-0.25, -0.2) is 4.98 Å². The van der Waals surface area contributed by atoms with Crippen LogP contribution >= 0.6 is 0 Å². The maximum atomic E-state index is 13.3. The van der Waals surface area contributed by atoms with Gasteiger partial charge in [0, 0.05) is 43.3 Å². The maximum Gasteiger partial charge on any atom is 0.417 e. The van der Waals surface area contributed by atoms with E-state index in [2.05, 4.69) is 15.2 Å². The van der Waals surface area contributed by atoms with Crippen molar-refractivity contribution in [3.63, 3.8) is 0 Å². The molecule has 0 radical (unpaired) electrons. The number of rotatable bonds is 5. The molecule has 2 N–H and O–H groups in total.